The Bertz CT molecular complexity index is 863. The van der Waals surface area contributed by atoms with Crippen molar-refractivity contribution in [2.75, 3.05) is 30.1 Å². The van der Waals surface area contributed by atoms with Crippen LogP contribution >= 0.6 is 7.14 Å². The zero-order chi connectivity index (χ0) is 25.0. The summed E-state index contributed by atoms with van der Waals surface area (Å²) >= 11 is 0. The van der Waals surface area contributed by atoms with Crippen molar-refractivity contribution in [2.45, 2.75) is 67.7 Å². The molecule has 2 aliphatic heterocycles. The summed E-state index contributed by atoms with van der Waals surface area (Å²) in [5.41, 5.74) is 10.8. The van der Waals surface area contributed by atoms with E-state index in [1.165, 1.54) is 51.5 Å². The molecule has 0 bridgehead atoms. The number of allylic oxidation sites excluding steroid dienone is 4. The van der Waals surface area contributed by atoms with E-state index in [0.29, 0.717) is 0 Å². The fraction of sp³-hybridized carbons (Fsp3) is 0.448. The van der Waals surface area contributed by atoms with Gasteiger partial charge in [0, 0.05) is 22.8 Å². The number of hydrogen-bond acceptors (Lipinski definition) is 3. The van der Waals surface area contributed by atoms with Crippen LogP contribution in [0.25, 0.3) is 0 Å². The summed E-state index contributed by atoms with van der Waals surface area (Å²) in [5, 5.41) is 6.78. The number of para-hydroxylation sites is 2. The van der Waals surface area contributed by atoms with Gasteiger partial charge in [0.15, 0.2) is 0 Å². The molecule has 2 heterocycles. The van der Waals surface area contributed by atoms with E-state index in [2.05, 4.69) is 101 Å². The summed E-state index contributed by atoms with van der Waals surface area (Å²) in [6, 6.07) is 16.9. The Morgan fingerprint density at radius 1 is 0.697 bits per heavy atom. The van der Waals surface area contributed by atoms with Crippen molar-refractivity contribution >= 4 is 18.5 Å². The van der Waals surface area contributed by atoms with E-state index in [1.54, 1.807) is 13.3 Å². The van der Waals surface area contributed by atoms with Crippen molar-refractivity contribution < 1.29 is 4.57 Å². The fourth-order valence-corrected chi connectivity index (χ4v) is 3.05. The molecule has 0 radical (unpaired) electrons. The Balaban J connectivity index is 0.000000246. The van der Waals surface area contributed by atoms with Gasteiger partial charge in [-0.25, -0.2) is 0 Å². The number of benzene rings is 2. The molecule has 2 aromatic rings. The molecule has 0 aliphatic carbocycles. The van der Waals surface area contributed by atoms with Crippen LogP contribution < -0.4 is 10.6 Å². The van der Waals surface area contributed by atoms with Gasteiger partial charge in [0.2, 0.25) is 0 Å². The van der Waals surface area contributed by atoms with Crippen molar-refractivity contribution in [1.29, 1.82) is 0 Å². The van der Waals surface area contributed by atoms with E-state index in [4.69, 9.17) is 0 Å². The van der Waals surface area contributed by atoms with E-state index in [0.717, 1.165) is 19.0 Å². The minimum atomic E-state index is -1.65. The van der Waals surface area contributed by atoms with Crippen LogP contribution in [-0.4, -0.2) is 19.5 Å². The Morgan fingerprint density at radius 3 is 1.30 bits per heavy atom. The highest BCUT2D eigenvalue weighted by molar-refractivity contribution is 7.62. The lowest BCUT2D eigenvalue weighted by Crippen LogP contribution is -2.08. The van der Waals surface area contributed by atoms with Crippen LogP contribution in [-0.2, 0) is 17.4 Å². The third-order valence-corrected chi connectivity index (χ3v) is 7.16. The highest BCUT2D eigenvalue weighted by Crippen LogP contribution is 2.34. The van der Waals surface area contributed by atoms with Gasteiger partial charge >= 0.3 is 0 Å². The number of fused-ring (bicyclic) bond motifs is 2. The van der Waals surface area contributed by atoms with Gasteiger partial charge in [-0.1, -0.05) is 63.6 Å². The zero-order valence-corrected chi connectivity index (χ0v) is 23.2. The van der Waals surface area contributed by atoms with Gasteiger partial charge in [-0.05, 0) is 94.4 Å². The van der Waals surface area contributed by atoms with E-state index >= 15 is 0 Å². The second-order valence-electron chi connectivity index (χ2n) is 9.33. The molecular formula is C29H45N2OP. The van der Waals surface area contributed by atoms with Crippen LogP contribution in [0.2, 0.25) is 0 Å². The van der Waals surface area contributed by atoms with Crippen molar-refractivity contribution in [2.24, 2.45) is 0 Å². The number of hydrogen-bond donors (Lipinski definition) is 2. The maximum Gasteiger partial charge on any atom is 0.0816 e. The normalized spacial score (nSPS) is 14.0. The minimum Gasteiger partial charge on any atom is -0.359 e. The average Bonchev–Trinajstić information content (AvgIpc) is 2.76. The van der Waals surface area contributed by atoms with E-state index in [-0.39, 0.29) is 0 Å². The molecule has 33 heavy (non-hydrogen) atoms. The molecule has 0 amide bonds. The molecule has 0 aromatic heterocycles. The van der Waals surface area contributed by atoms with Crippen LogP contribution in [0.3, 0.4) is 0 Å². The summed E-state index contributed by atoms with van der Waals surface area (Å²) in [5.74, 6) is 0. The number of rotatable bonds is 1. The first-order valence-electron chi connectivity index (χ1n) is 12.1. The van der Waals surface area contributed by atoms with Gasteiger partial charge in [-0.3, -0.25) is 0 Å². The van der Waals surface area contributed by atoms with Crippen molar-refractivity contribution in [3.63, 3.8) is 0 Å². The van der Waals surface area contributed by atoms with Gasteiger partial charge in [0.05, 0.1) is 7.14 Å². The van der Waals surface area contributed by atoms with Gasteiger partial charge in [0.1, 0.15) is 0 Å². The molecule has 0 fully saturated rings. The Morgan fingerprint density at radius 2 is 1.00 bits per heavy atom. The maximum atomic E-state index is 10.6. The molecule has 4 heteroatoms. The van der Waals surface area contributed by atoms with E-state index < -0.39 is 7.14 Å². The lowest BCUT2D eigenvalue weighted by molar-refractivity contribution is 0.583. The molecule has 4 rings (SSSR count). The maximum absolute atomic E-state index is 10.6. The second-order valence-corrected chi connectivity index (χ2v) is 13.1. The molecule has 2 aliphatic rings. The van der Waals surface area contributed by atoms with Crippen LogP contribution in [0, 0.1) is 0 Å². The van der Waals surface area contributed by atoms with E-state index in [9.17, 15) is 4.57 Å². The highest BCUT2D eigenvalue weighted by atomic mass is 31.2. The summed E-state index contributed by atoms with van der Waals surface area (Å²) in [6.07, 6.45) is 4.26. The van der Waals surface area contributed by atoms with Crippen molar-refractivity contribution in [3.05, 3.63) is 82.2 Å². The largest absolute Gasteiger partial charge is 0.359 e. The van der Waals surface area contributed by atoms with Crippen LogP contribution in [0.4, 0.5) is 11.4 Å². The molecule has 3 nitrogen and oxygen atoms in total. The minimum absolute atomic E-state index is 0.826. The molecule has 0 saturated heterocycles. The third kappa shape index (κ3) is 10.5. The monoisotopic (exact) mass is 468 g/mol. The molecule has 2 aromatic carbocycles. The third-order valence-electron chi connectivity index (χ3n) is 5.63. The molecule has 2 N–H and O–H groups in total. The first kappa shape index (κ1) is 28.8. The lowest BCUT2D eigenvalue weighted by Gasteiger charge is -2.20. The molecule has 0 saturated carbocycles. The van der Waals surface area contributed by atoms with Crippen LogP contribution in [0.1, 0.15) is 66.0 Å². The predicted octanol–water partition coefficient (Wildman–Crippen LogP) is 8.94. The van der Waals surface area contributed by atoms with Crippen molar-refractivity contribution in [3.8, 4) is 0 Å². The predicted molar refractivity (Wildman–Crippen MR) is 150 cm³/mol. The first-order chi connectivity index (χ1) is 15.5. The number of anilines is 2. The smallest absolute Gasteiger partial charge is 0.0816 e. The number of nitrogens with one attached hydrogen (secondary N) is 2. The standard InChI is InChI=1S/2C11H13N.C4H11OP.C3H8/c2*1-8-7-10-5-3-4-6-11(10)12-9(8)2;1-4-6(2,3)5;1-3-2/h2*3-6,12H,7H2,1-2H3;4H2,1-3H3;3H2,1-2H3. The molecule has 0 spiro atoms. The van der Waals surface area contributed by atoms with Gasteiger partial charge in [-0.2, -0.15) is 0 Å². The van der Waals surface area contributed by atoms with Gasteiger partial charge < -0.3 is 15.2 Å². The molecular weight excluding hydrogens is 423 g/mol. The fourth-order valence-electron chi connectivity index (χ4n) is 3.05. The second kappa shape index (κ2) is 14.1. The van der Waals surface area contributed by atoms with Crippen molar-refractivity contribution in [1.82, 2.24) is 0 Å². The first-order valence-corrected chi connectivity index (χ1v) is 14.9. The average molecular weight is 469 g/mol. The summed E-state index contributed by atoms with van der Waals surface area (Å²) in [6.45, 7) is 18.4. The summed E-state index contributed by atoms with van der Waals surface area (Å²) in [4.78, 5) is 0. The zero-order valence-electron chi connectivity index (χ0n) is 22.3. The quantitative estimate of drug-likeness (QED) is 0.410. The van der Waals surface area contributed by atoms with Gasteiger partial charge in [0.25, 0.3) is 0 Å². The highest BCUT2D eigenvalue weighted by Gasteiger charge is 2.11. The lowest BCUT2D eigenvalue weighted by atomic mass is 9.99. The Labute approximate surface area is 203 Å². The van der Waals surface area contributed by atoms with Gasteiger partial charge in [-0.15, -0.1) is 0 Å². The molecule has 0 atom stereocenters. The Hall–Kier alpha value is -2.25. The Kier molecular flexibility index (Phi) is 12.3. The van der Waals surface area contributed by atoms with Crippen LogP contribution in [0.5, 0.6) is 0 Å². The van der Waals surface area contributed by atoms with Crippen LogP contribution in [0.15, 0.2) is 71.1 Å². The summed E-state index contributed by atoms with van der Waals surface area (Å²) in [7, 11) is -1.65. The molecule has 182 valence electrons. The summed E-state index contributed by atoms with van der Waals surface area (Å²) < 4.78 is 10.6. The molecule has 0 unspecified atom stereocenters. The SMILES string of the molecule is CC1=C(C)Nc2ccccc2C1.CC1=C(C)Nc2ccccc2C1.CCC.CCP(C)(C)=O. The van der Waals surface area contributed by atoms with E-state index in [1.807, 2.05) is 6.92 Å². The topological polar surface area (TPSA) is 41.1 Å².